The fourth-order valence-electron chi connectivity index (χ4n) is 2.23. The molecule has 1 heterocycles. The predicted molar refractivity (Wildman–Crippen MR) is 85.3 cm³/mol. The first-order valence-electron chi connectivity index (χ1n) is 7.19. The number of carbonyl (C=O) groups excluding carboxylic acids is 2. The third-order valence-corrected chi connectivity index (χ3v) is 4.00. The van der Waals surface area contributed by atoms with Crippen LogP contribution in [0.4, 0.5) is 4.79 Å². The van der Waals surface area contributed by atoms with Gasteiger partial charge >= 0.3 is 6.03 Å². The SMILES string of the molecule is CCCNC(=O)N1CCN(C(=O)c2ccc(Br)cc2)CC1. The topological polar surface area (TPSA) is 52.7 Å². The first-order valence-corrected chi connectivity index (χ1v) is 7.98. The highest BCUT2D eigenvalue weighted by molar-refractivity contribution is 9.10. The molecule has 1 saturated heterocycles. The van der Waals surface area contributed by atoms with Crippen molar-refractivity contribution in [1.82, 2.24) is 15.1 Å². The number of halogens is 1. The van der Waals surface area contributed by atoms with Crippen LogP contribution < -0.4 is 5.32 Å². The van der Waals surface area contributed by atoms with Gasteiger partial charge in [-0.05, 0) is 30.7 Å². The molecule has 2 rings (SSSR count). The van der Waals surface area contributed by atoms with Gasteiger partial charge < -0.3 is 15.1 Å². The summed E-state index contributed by atoms with van der Waals surface area (Å²) in [5, 5.41) is 2.86. The fraction of sp³-hybridized carbons (Fsp3) is 0.467. The van der Waals surface area contributed by atoms with Gasteiger partial charge in [-0.1, -0.05) is 22.9 Å². The maximum absolute atomic E-state index is 12.4. The van der Waals surface area contributed by atoms with Gasteiger partial charge in [-0.2, -0.15) is 0 Å². The molecule has 21 heavy (non-hydrogen) atoms. The smallest absolute Gasteiger partial charge is 0.317 e. The van der Waals surface area contributed by atoms with Crippen LogP contribution in [0.2, 0.25) is 0 Å². The van der Waals surface area contributed by atoms with Gasteiger partial charge in [-0.15, -0.1) is 0 Å². The van der Waals surface area contributed by atoms with Crippen molar-refractivity contribution in [2.75, 3.05) is 32.7 Å². The van der Waals surface area contributed by atoms with E-state index in [0.717, 1.165) is 10.9 Å². The number of benzene rings is 1. The van der Waals surface area contributed by atoms with Crippen molar-refractivity contribution in [3.8, 4) is 0 Å². The van der Waals surface area contributed by atoms with Gasteiger partial charge in [-0.25, -0.2) is 4.79 Å². The van der Waals surface area contributed by atoms with E-state index in [9.17, 15) is 9.59 Å². The van der Waals surface area contributed by atoms with E-state index in [0.29, 0.717) is 38.3 Å². The van der Waals surface area contributed by atoms with E-state index in [1.807, 2.05) is 31.2 Å². The van der Waals surface area contributed by atoms with Crippen molar-refractivity contribution in [2.45, 2.75) is 13.3 Å². The normalized spacial score (nSPS) is 15.0. The number of carbonyl (C=O) groups is 2. The lowest BCUT2D eigenvalue weighted by atomic mass is 10.2. The second-order valence-corrected chi connectivity index (χ2v) is 5.93. The molecule has 3 amide bonds. The lowest BCUT2D eigenvalue weighted by molar-refractivity contribution is 0.0665. The molecule has 0 radical (unpaired) electrons. The summed E-state index contributed by atoms with van der Waals surface area (Å²) in [4.78, 5) is 27.8. The fourth-order valence-corrected chi connectivity index (χ4v) is 2.50. The molecule has 1 N–H and O–H groups in total. The number of nitrogens with zero attached hydrogens (tertiary/aromatic N) is 2. The quantitative estimate of drug-likeness (QED) is 0.906. The Morgan fingerprint density at radius 2 is 1.67 bits per heavy atom. The lowest BCUT2D eigenvalue weighted by Gasteiger charge is -2.34. The third kappa shape index (κ3) is 4.20. The van der Waals surface area contributed by atoms with Gasteiger partial charge in [-0.3, -0.25) is 4.79 Å². The van der Waals surface area contributed by atoms with Crippen LogP contribution in [0.25, 0.3) is 0 Å². The van der Waals surface area contributed by atoms with Crippen LogP contribution in [0.1, 0.15) is 23.7 Å². The molecular weight excluding hydrogens is 334 g/mol. The summed E-state index contributed by atoms with van der Waals surface area (Å²) in [6, 6.07) is 7.32. The van der Waals surface area contributed by atoms with Crippen molar-refractivity contribution in [1.29, 1.82) is 0 Å². The highest BCUT2D eigenvalue weighted by Crippen LogP contribution is 2.13. The molecule has 6 heteroatoms. The molecule has 0 aromatic heterocycles. The molecule has 1 aliphatic rings. The standard InChI is InChI=1S/C15H20BrN3O2/c1-2-7-17-15(21)19-10-8-18(9-11-19)14(20)12-3-5-13(16)6-4-12/h3-6H,2,7-11H2,1H3,(H,17,21). The zero-order valence-corrected chi connectivity index (χ0v) is 13.7. The molecule has 1 aromatic rings. The minimum atomic E-state index is -0.0346. The molecule has 0 atom stereocenters. The second kappa shape index (κ2) is 7.45. The summed E-state index contributed by atoms with van der Waals surface area (Å²) in [6.45, 7) is 5.03. The number of hydrogen-bond donors (Lipinski definition) is 1. The van der Waals surface area contributed by atoms with Crippen molar-refractivity contribution < 1.29 is 9.59 Å². The highest BCUT2D eigenvalue weighted by Gasteiger charge is 2.24. The van der Waals surface area contributed by atoms with Crippen molar-refractivity contribution in [2.24, 2.45) is 0 Å². The van der Waals surface area contributed by atoms with Gasteiger partial charge in [0.25, 0.3) is 5.91 Å². The van der Waals surface area contributed by atoms with E-state index < -0.39 is 0 Å². The van der Waals surface area contributed by atoms with Crippen LogP contribution in [0.5, 0.6) is 0 Å². The van der Waals surface area contributed by atoms with E-state index in [1.54, 1.807) is 9.80 Å². The summed E-state index contributed by atoms with van der Waals surface area (Å²) in [6.07, 6.45) is 0.924. The Balaban J connectivity index is 1.87. The van der Waals surface area contributed by atoms with Crippen LogP contribution in [-0.4, -0.2) is 54.5 Å². The average molecular weight is 354 g/mol. The number of rotatable bonds is 3. The Hall–Kier alpha value is -1.56. The molecule has 0 saturated carbocycles. The summed E-state index contributed by atoms with van der Waals surface area (Å²) >= 11 is 3.36. The molecule has 0 bridgehead atoms. The van der Waals surface area contributed by atoms with E-state index in [4.69, 9.17) is 0 Å². The molecule has 0 unspecified atom stereocenters. The molecule has 1 aromatic carbocycles. The van der Waals surface area contributed by atoms with E-state index in [1.165, 1.54) is 0 Å². The predicted octanol–water partition coefficient (Wildman–Crippen LogP) is 2.33. The summed E-state index contributed by atoms with van der Waals surface area (Å²) < 4.78 is 0.955. The van der Waals surface area contributed by atoms with Crippen LogP contribution in [0.3, 0.4) is 0 Å². The molecule has 114 valence electrons. The van der Waals surface area contributed by atoms with Crippen molar-refractivity contribution >= 4 is 27.9 Å². The average Bonchev–Trinajstić information content (AvgIpc) is 2.53. The zero-order valence-electron chi connectivity index (χ0n) is 12.1. The third-order valence-electron chi connectivity index (χ3n) is 3.47. The maximum Gasteiger partial charge on any atom is 0.317 e. The number of hydrogen-bond acceptors (Lipinski definition) is 2. The largest absolute Gasteiger partial charge is 0.338 e. The van der Waals surface area contributed by atoms with Gasteiger partial charge in [0.05, 0.1) is 0 Å². The van der Waals surface area contributed by atoms with E-state index in [2.05, 4.69) is 21.2 Å². The van der Waals surface area contributed by atoms with Gasteiger partial charge in [0.1, 0.15) is 0 Å². The Morgan fingerprint density at radius 1 is 1.10 bits per heavy atom. The molecule has 1 aliphatic heterocycles. The first-order chi connectivity index (χ1) is 10.1. The van der Waals surface area contributed by atoms with Gasteiger partial charge in [0.2, 0.25) is 0 Å². The van der Waals surface area contributed by atoms with Crippen LogP contribution in [-0.2, 0) is 0 Å². The van der Waals surface area contributed by atoms with Crippen molar-refractivity contribution in [3.05, 3.63) is 34.3 Å². The molecule has 5 nitrogen and oxygen atoms in total. The van der Waals surface area contributed by atoms with Crippen molar-refractivity contribution in [3.63, 3.8) is 0 Å². The maximum atomic E-state index is 12.4. The minimum Gasteiger partial charge on any atom is -0.338 e. The van der Waals surface area contributed by atoms with Gasteiger partial charge in [0.15, 0.2) is 0 Å². The molecular formula is C15H20BrN3O2. The Labute approximate surface area is 133 Å². The molecule has 1 fully saturated rings. The zero-order chi connectivity index (χ0) is 15.2. The Kier molecular flexibility index (Phi) is 5.61. The summed E-state index contributed by atoms with van der Waals surface area (Å²) in [5.74, 6) is 0.0242. The minimum absolute atomic E-state index is 0.0242. The Bertz CT molecular complexity index is 496. The number of urea groups is 1. The second-order valence-electron chi connectivity index (χ2n) is 5.02. The van der Waals surface area contributed by atoms with Crippen LogP contribution in [0.15, 0.2) is 28.7 Å². The van der Waals surface area contributed by atoms with Crippen LogP contribution >= 0.6 is 15.9 Å². The summed E-state index contributed by atoms with van der Waals surface area (Å²) in [5.41, 5.74) is 0.682. The number of amides is 3. The highest BCUT2D eigenvalue weighted by atomic mass is 79.9. The van der Waals surface area contributed by atoms with Crippen LogP contribution in [0, 0.1) is 0 Å². The van der Waals surface area contributed by atoms with E-state index in [-0.39, 0.29) is 11.9 Å². The summed E-state index contributed by atoms with van der Waals surface area (Å²) in [7, 11) is 0. The lowest BCUT2D eigenvalue weighted by Crippen LogP contribution is -2.53. The van der Waals surface area contributed by atoms with E-state index >= 15 is 0 Å². The molecule has 0 aliphatic carbocycles. The first kappa shape index (κ1) is 15.8. The van der Waals surface area contributed by atoms with Gasteiger partial charge in [0, 0.05) is 42.8 Å². The number of piperazine rings is 1. The number of nitrogens with one attached hydrogen (secondary N) is 1. The Morgan fingerprint density at radius 3 is 2.24 bits per heavy atom. The monoisotopic (exact) mass is 353 g/mol. The molecule has 0 spiro atoms.